The number of ketones is 1. The third kappa shape index (κ3) is 4.86. The Morgan fingerprint density at radius 2 is 1.90 bits per heavy atom. The van der Waals surface area contributed by atoms with Gasteiger partial charge in [-0.25, -0.2) is 0 Å². The lowest BCUT2D eigenvalue weighted by molar-refractivity contribution is -0.113. The van der Waals surface area contributed by atoms with Crippen molar-refractivity contribution in [2.75, 3.05) is 22.5 Å². The Morgan fingerprint density at radius 3 is 2.62 bits per heavy atom. The van der Waals surface area contributed by atoms with E-state index < -0.39 is 10.0 Å². The maximum atomic E-state index is 12.5. The molecule has 0 fully saturated rings. The summed E-state index contributed by atoms with van der Waals surface area (Å²) in [6.45, 7) is 4.03. The number of carbonyl (C=O) groups is 2. The van der Waals surface area contributed by atoms with Gasteiger partial charge in [-0.15, -0.1) is 4.40 Å². The number of amides is 1. The van der Waals surface area contributed by atoms with E-state index in [4.69, 9.17) is 0 Å². The van der Waals surface area contributed by atoms with E-state index >= 15 is 0 Å². The van der Waals surface area contributed by atoms with Gasteiger partial charge in [0.15, 0.2) is 11.0 Å². The normalized spacial score (nSPS) is 14.7. The van der Waals surface area contributed by atoms with Crippen LogP contribution in [0.2, 0.25) is 0 Å². The van der Waals surface area contributed by atoms with Crippen LogP contribution in [0, 0.1) is 0 Å². The lowest BCUT2D eigenvalue weighted by Gasteiger charge is -2.29. The highest BCUT2D eigenvalue weighted by Gasteiger charge is 2.30. The monoisotopic (exact) mass is 431 g/mol. The topological polar surface area (TPSA) is 95.9 Å². The van der Waals surface area contributed by atoms with Gasteiger partial charge in [0, 0.05) is 17.8 Å². The summed E-state index contributed by atoms with van der Waals surface area (Å²) in [5.41, 5.74) is 1.59. The Balaban J connectivity index is 1.75. The molecule has 9 heteroatoms. The third-order valence-electron chi connectivity index (χ3n) is 4.20. The van der Waals surface area contributed by atoms with Crippen molar-refractivity contribution < 1.29 is 18.0 Å². The van der Waals surface area contributed by atoms with Crippen LogP contribution in [0.4, 0.5) is 11.4 Å². The van der Waals surface area contributed by atoms with Gasteiger partial charge in [0.2, 0.25) is 5.91 Å². The Hall–Kier alpha value is -2.65. The van der Waals surface area contributed by atoms with Crippen molar-refractivity contribution in [2.45, 2.75) is 25.2 Å². The van der Waals surface area contributed by atoms with Crippen molar-refractivity contribution in [1.29, 1.82) is 0 Å². The van der Waals surface area contributed by atoms with Gasteiger partial charge < -0.3 is 10.2 Å². The summed E-state index contributed by atoms with van der Waals surface area (Å²) in [4.78, 5) is 25.8. The molecule has 0 spiro atoms. The number of rotatable bonds is 6. The molecule has 2 aromatic rings. The number of nitrogens with zero attached hydrogens (tertiary/aromatic N) is 2. The Kier molecular flexibility index (Phi) is 6.39. The minimum absolute atomic E-state index is 0.0129. The molecule has 0 saturated heterocycles. The van der Waals surface area contributed by atoms with Gasteiger partial charge in [0.1, 0.15) is 4.90 Å². The second kappa shape index (κ2) is 8.79. The molecule has 29 heavy (non-hydrogen) atoms. The molecular weight excluding hydrogens is 410 g/mol. The van der Waals surface area contributed by atoms with E-state index in [9.17, 15) is 18.0 Å². The number of benzene rings is 2. The number of carbonyl (C=O) groups excluding carboxylic acids is 2. The van der Waals surface area contributed by atoms with Crippen LogP contribution in [0.15, 0.2) is 57.8 Å². The van der Waals surface area contributed by atoms with E-state index in [2.05, 4.69) is 9.71 Å². The molecule has 0 aliphatic carbocycles. The molecule has 1 amide bonds. The van der Waals surface area contributed by atoms with Gasteiger partial charge in [0.25, 0.3) is 10.0 Å². The molecule has 3 rings (SSSR count). The van der Waals surface area contributed by atoms with Gasteiger partial charge >= 0.3 is 0 Å². The van der Waals surface area contributed by atoms with Gasteiger partial charge in [-0.2, -0.15) is 8.42 Å². The molecule has 152 valence electrons. The van der Waals surface area contributed by atoms with Crippen LogP contribution in [0.25, 0.3) is 0 Å². The van der Waals surface area contributed by atoms with E-state index in [0.717, 1.165) is 18.2 Å². The second-order valence-corrected chi connectivity index (χ2v) is 8.96. The third-order valence-corrected chi connectivity index (χ3v) is 6.60. The molecule has 0 atom stereocenters. The summed E-state index contributed by atoms with van der Waals surface area (Å²) in [7, 11) is -3.81. The average Bonchev–Trinajstić information content (AvgIpc) is 2.69. The number of nitrogens with one attached hydrogen (secondary N) is 1. The maximum absolute atomic E-state index is 12.5. The summed E-state index contributed by atoms with van der Waals surface area (Å²) in [5.74, 6) is -0.418. The van der Waals surface area contributed by atoms with Crippen LogP contribution in [0.1, 0.15) is 30.6 Å². The molecule has 2 aromatic carbocycles. The van der Waals surface area contributed by atoms with Gasteiger partial charge in [0.05, 0.1) is 11.4 Å². The Bertz CT molecular complexity index is 1080. The van der Waals surface area contributed by atoms with Crippen LogP contribution in [0.5, 0.6) is 0 Å². The fraction of sp³-hybridized carbons (Fsp3) is 0.250. The lowest BCUT2D eigenvalue weighted by atomic mass is 10.1. The van der Waals surface area contributed by atoms with Crippen molar-refractivity contribution in [3.05, 3.63) is 54.1 Å². The number of para-hydroxylation sites is 1. The second-order valence-electron chi connectivity index (χ2n) is 6.44. The first-order valence-electron chi connectivity index (χ1n) is 9.07. The SMILES string of the molecule is CCCN1C(SCC(=O)Nc2cccc(C(C)=O)c2)=NS(=O)(=O)c2ccccc21. The number of thioether (sulfide) groups is 1. The minimum atomic E-state index is -3.81. The fourth-order valence-corrected chi connectivity index (χ4v) is 5.17. The number of hydrogen-bond acceptors (Lipinski definition) is 6. The average molecular weight is 432 g/mol. The first kappa shape index (κ1) is 21.1. The molecule has 0 radical (unpaired) electrons. The highest BCUT2D eigenvalue weighted by molar-refractivity contribution is 8.15. The molecule has 1 aliphatic heterocycles. The largest absolute Gasteiger partial charge is 0.325 e. The smallest absolute Gasteiger partial charge is 0.286 e. The summed E-state index contributed by atoms with van der Waals surface area (Å²) >= 11 is 1.07. The molecule has 1 N–H and O–H groups in total. The van der Waals surface area contributed by atoms with Crippen molar-refractivity contribution in [3.63, 3.8) is 0 Å². The number of hydrogen-bond donors (Lipinski definition) is 1. The number of fused-ring (bicyclic) bond motifs is 1. The van der Waals surface area contributed by atoms with Crippen molar-refractivity contribution in [2.24, 2.45) is 4.40 Å². The summed E-state index contributed by atoms with van der Waals surface area (Å²) in [5, 5.41) is 3.00. The highest BCUT2D eigenvalue weighted by Crippen LogP contribution is 2.34. The van der Waals surface area contributed by atoms with E-state index in [0.29, 0.717) is 23.5 Å². The Labute approximate surface area is 174 Å². The van der Waals surface area contributed by atoms with E-state index in [-0.39, 0.29) is 27.5 Å². The molecule has 0 aromatic heterocycles. The van der Waals surface area contributed by atoms with Gasteiger partial charge in [-0.1, -0.05) is 43.0 Å². The molecular formula is C20H21N3O4S2. The summed E-state index contributed by atoms with van der Waals surface area (Å²) in [6, 6.07) is 13.4. The quantitative estimate of drug-likeness (QED) is 0.703. The zero-order valence-electron chi connectivity index (χ0n) is 16.1. The van der Waals surface area contributed by atoms with Crippen molar-refractivity contribution in [3.8, 4) is 0 Å². The van der Waals surface area contributed by atoms with Crippen LogP contribution >= 0.6 is 11.8 Å². The van der Waals surface area contributed by atoms with Crippen LogP contribution in [0.3, 0.4) is 0 Å². The number of sulfonamides is 1. The first-order valence-corrected chi connectivity index (χ1v) is 11.5. The molecule has 0 saturated carbocycles. The molecule has 7 nitrogen and oxygen atoms in total. The maximum Gasteiger partial charge on any atom is 0.286 e. The van der Waals surface area contributed by atoms with E-state index in [1.807, 2.05) is 11.8 Å². The van der Waals surface area contributed by atoms with E-state index in [1.54, 1.807) is 42.5 Å². The lowest BCUT2D eigenvalue weighted by Crippen LogP contribution is -2.35. The summed E-state index contributed by atoms with van der Waals surface area (Å²) in [6.07, 6.45) is 0.790. The fourth-order valence-electron chi connectivity index (χ4n) is 2.89. The molecule has 1 aliphatic rings. The molecule has 0 unspecified atom stereocenters. The number of anilines is 2. The number of Topliss-reactive ketones (excluding diaryl/α,β-unsaturated/α-hetero) is 1. The first-order chi connectivity index (χ1) is 13.8. The Morgan fingerprint density at radius 1 is 1.14 bits per heavy atom. The van der Waals surface area contributed by atoms with Crippen LogP contribution in [-0.4, -0.2) is 37.6 Å². The number of amidine groups is 1. The van der Waals surface area contributed by atoms with Crippen LogP contribution in [-0.2, 0) is 14.8 Å². The highest BCUT2D eigenvalue weighted by atomic mass is 32.2. The van der Waals surface area contributed by atoms with E-state index in [1.165, 1.54) is 13.0 Å². The predicted molar refractivity (Wildman–Crippen MR) is 116 cm³/mol. The zero-order valence-corrected chi connectivity index (χ0v) is 17.7. The predicted octanol–water partition coefficient (Wildman–Crippen LogP) is 3.54. The van der Waals surface area contributed by atoms with Gasteiger partial charge in [-0.3, -0.25) is 9.59 Å². The minimum Gasteiger partial charge on any atom is -0.325 e. The zero-order chi connectivity index (χ0) is 21.0. The van der Waals surface area contributed by atoms with Crippen molar-refractivity contribution >= 4 is 50.0 Å². The molecule has 0 bridgehead atoms. The standard InChI is InChI=1S/C20H21N3O4S2/c1-3-11-23-17-9-4-5-10-18(17)29(26,27)22-20(23)28-13-19(25)21-16-8-6-7-15(12-16)14(2)24/h4-10,12H,3,11,13H2,1-2H3,(H,21,25). The van der Waals surface area contributed by atoms with Crippen molar-refractivity contribution in [1.82, 2.24) is 0 Å². The van der Waals surface area contributed by atoms with Crippen LogP contribution < -0.4 is 10.2 Å². The molecule has 1 heterocycles. The summed E-state index contributed by atoms with van der Waals surface area (Å²) < 4.78 is 28.9. The van der Waals surface area contributed by atoms with Gasteiger partial charge in [-0.05, 0) is 37.6 Å².